The van der Waals surface area contributed by atoms with Gasteiger partial charge in [-0.25, -0.2) is 0 Å². The second-order valence-corrected chi connectivity index (χ2v) is 13.5. The van der Waals surface area contributed by atoms with Crippen molar-refractivity contribution in [3.63, 3.8) is 0 Å². The van der Waals surface area contributed by atoms with E-state index in [9.17, 15) is 9.59 Å². The molecule has 2 amide bonds. The third-order valence-electron chi connectivity index (χ3n) is 9.23. The van der Waals surface area contributed by atoms with Crippen LogP contribution in [0.5, 0.6) is 0 Å². The topological polar surface area (TPSA) is 76.7 Å². The van der Waals surface area contributed by atoms with Crippen LogP contribution in [0.15, 0.2) is 47.2 Å². The van der Waals surface area contributed by atoms with Crippen molar-refractivity contribution >= 4 is 30.3 Å². The minimum Gasteiger partial charge on any atom is -0.404 e. The molecule has 204 valence electrons. The van der Waals surface area contributed by atoms with E-state index in [2.05, 4.69) is 45.3 Å². The van der Waals surface area contributed by atoms with Crippen LogP contribution < -0.4 is 10.6 Å². The Hall–Kier alpha value is -2.16. The molecule has 2 bridgehead atoms. The molecule has 4 aliphatic rings. The molecule has 8 heteroatoms. The minimum atomic E-state index is -0.691. The Labute approximate surface area is 231 Å². The maximum atomic E-state index is 13.8. The number of thiophene rings is 1. The van der Waals surface area contributed by atoms with Gasteiger partial charge in [-0.05, 0) is 77.3 Å². The van der Waals surface area contributed by atoms with E-state index < -0.39 is 13.2 Å². The van der Waals surface area contributed by atoms with Crippen LogP contribution in [-0.4, -0.2) is 42.6 Å². The maximum Gasteiger partial charge on any atom is 0.481 e. The summed E-state index contributed by atoms with van der Waals surface area (Å²) in [5.41, 5.74) is 1.88. The van der Waals surface area contributed by atoms with Crippen molar-refractivity contribution in [2.45, 2.75) is 90.4 Å². The molecule has 0 radical (unpaired) electrons. The van der Waals surface area contributed by atoms with Gasteiger partial charge in [0, 0.05) is 6.42 Å². The number of carbonyl (C=O) groups excluding carboxylic acids is 2. The van der Waals surface area contributed by atoms with Crippen molar-refractivity contribution in [1.29, 1.82) is 0 Å². The molecule has 0 spiro atoms. The molecule has 0 unspecified atom stereocenters. The first-order valence-electron chi connectivity index (χ1n) is 14.0. The number of nitrogens with one attached hydrogen (secondary N) is 2. The Bertz CT molecular complexity index is 1120. The fourth-order valence-electron chi connectivity index (χ4n) is 6.98. The van der Waals surface area contributed by atoms with Crippen LogP contribution in [0, 0.1) is 23.2 Å². The summed E-state index contributed by atoms with van der Waals surface area (Å²) in [7, 11) is -0.495. The summed E-state index contributed by atoms with van der Waals surface area (Å²) in [6, 6.07) is 11.1. The molecule has 3 aliphatic carbocycles. The zero-order valence-corrected chi connectivity index (χ0v) is 24.1. The van der Waals surface area contributed by atoms with Gasteiger partial charge in [0.05, 0.1) is 24.1 Å². The van der Waals surface area contributed by atoms with Crippen LogP contribution in [0.2, 0.25) is 0 Å². The Morgan fingerprint density at radius 1 is 1.08 bits per heavy atom. The lowest BCUT2D eigenvalue weighted by atomic mass is 9.43. The van der Waals surface area contributed by atoms with Crippen molar-refractivity contribution in [3.8, 4) is 0 Å². The van der Waals surface area contributed by atoms with Crippen LogP contribution >= 0.6 is 11.3 Å². The molecule has 1 saturated heterocycles. The first-order chi connectivity index (χ1) is 18.1. The summed E-state index contributed by atoms with van der Waals surface area (Å²) >= 11 is 1.56. The summed E-state index contributed by atoms with van der Waals surface area (Å²) in [4.78, 5) is 26.7. The molecule has 6 rings (SSSR count). The third kappa shape index (κ3) is 5.45. The summed E-state index contributed by atoms with van der Waals surface area (Å²) in [5.74, 6) is 0.816. The zero-order valence-electron chi connectivity index (χ0n) is 23.2. The Morgan fingerprint density at radius 2 is 1.84 bits per heavy atom. The summed E-state index contributed by atoms with van der Waals surface area (Å²) in [6.07, 6.45) is 3.66. The largest absolute Gasteiger partial charge is 0.481 e. The average Bonchev–Trinajstić information content (AvgIpc) is 3.50. The van der Waals surface area contributed by atoms with Crippen molar-refractivity contribution in [3.05, 3.63) is 58.3 Å². The molecule has 1 aromatic heterocycles. The molecule has 1 aromatic carbocycles. The van der Waals surface area contributed by atoms with E-state index >= 15 is 0 Å². The second kappa shape index (κ2) is 10.8. The lowest BCUT2D eigenvalue weighted by molar-refractivity contribution is -0.199. The van der Waals surface area contributed by atoms with Gasteiger partial charge < -0.3 is 19.9 Å². The molecular weight excluding hydrogens is 495 g/mol. The molecule has 2 N–H and O–H groups in total. The highest BCUT2D eigenvalue weighted by molar-refractivity contribution is 7.08. The van der Waals surface area contributed by atoms with Crippen LogP contribution in [0.1, 0.15) is 65.0 Å². The highest BCUT2D eigenvalue weighted by Crippen LogP contribution is 2.65. The van der Waals surface area contributed by atoms with Crippen molar-refractivity contribution in [1.82, 2.24) is 10.6 Å². The number of rotatable bonds is 10. The molecule has 6 nitrogen and oxygen atoms in total. The van der Waals surface area contributed by atoms with E-state index in [0.717, 1.165) is 24.0 Å². The van der Waals surface area contributed by atoms with E-state index in [-0.39, 0.29) is 41.3 Å². The van der Waals surface area contributed by atoms with Gasteiger partial charge in [0.2, 0.25) is 11.8 Å². The monoisotopic (exact) mass is 536 g/mol. The van der Waals surface area contributed by atoms with Gasteiger partial charge in [0.1, 0.15) is 6.04 Å². The molecule has 1 aliphatic heterocycles. The molecule has 2 heterocycles. The van der Waals surface area contributed by atoms with Crippen molar-refractivity contribution < 1.29 is 18.9 Å². The highest BCUT2D eigenvalue weighted by Gasteiger charge is 2.68. The van der Waals surface area contributed by atoms with Crippen molar-refractivity contribution in [2.75, 3.05) is 0 Å². The van der Waals surface area contributed by atoms with Gasteiger partial charge in [-0.3, -0.25) is 9.59 Å². The fraction of sp³-hybridized carbons (Fsp3) is 0.600. The normalized spacial score (nSPS) is 28.8. The molecule has 38 heavy (non-hydrogen) atoms. The van der Waals surface area contributed by atoms with E-state index in [0.29, 0.717) is 24.2 Å². The first-order valence-corrected chi connectivity index (χ1v) is 15.0. The molecule has 4 fully saturated rings. The van der Waals surface area contributed by atoms with Gasteiger partial charge in [0.25, 0.3) is 0 Å². The van der Waals surface area contributed by atoms with Gasteiger partial charge in [-0.15, -0.1) is 0 Å². The second-order valence-electron chi connectivity index (χ2n) is 12.7. The zero-order chi connectivity index (χ0) is 27.1. The number of hydrogen-bond donors (Lipinski definition) is 2. The van der Waals surface area contributed by atoms with Gasteiger partial charge in [-0.2, -0.15) is 11.3 Å². The van der Waals surface area contributed by atoms with Crippen LogP contribution in [0.25, 0.3) is 0 Å². The van der Waals surface area contributed by atoms with E-state index in [1.165, 1.54) is 6.42 Å². The van der Waals surface area contributed by atoms with Gasteiger partial charge in [0.15, 0.2) is 0 Å². The van der Waals surface area contributed by atoms with Crippen molar-refractivity contribution in [2.24, 2.45) is 23.2 Å². The predicted octanol–water partition coefficient (Wildman–Crippen LogP) is 4.82. The number of benzene rings is 1. The molecule has 2 aromatic rings. The Balaban J connectivity index is 1.31. The SMILES string of the molecule is CC(C)C[C@H](NC(=O)[C@H](Cc1ccccc1)NC(=O)Cc1ccsc1)B1O[C@@H]2C[C@H]3C[C@H](C3(C)C)[C@]2(C)O1. The minimum absolute atomic E-state index is 0.0567. The standard InChI is InChI=1S/C30H41BN2O4S/c1-19(2)13-26(31-36-25-17-22-16-24(29(22,3)4)30(25,5)37-31)33-28(35)23(14-20-9-7-6-8-10-20)32-27(34)15-21-11-12-38-18-21/h6-12,18-19,22-26H,13-17H2,1-5H3,(H,32,34)(H,33,35)/t22-,23+,24-,25-,26+,30+/m1/s1. The smallest absolute Gasteiger partial charge is 0.404 e. The number of amides is 2. The summed E-state index contributed by atoms with van der Waals surface area (Å²) in [6.45, 7) is 11.2. The molecular formula is C30H41BN2O4S. The van der Waals surface area contributed by atoms with E-state index in [4.69, 9.17) is 9.31 Å². The third-order valence-corrected chi connectivity index (χ3v) is 9.96. The number of carbonyl (C=O) groups is 2. The van der Waals surface area contributed by atoms with E-state index in [1.54, 1.807) is 11.3 Å². The quantitative estimate of drug-likeness (QED) is 0.427. The lowest BCUT2D eigenvalue weighted by Gasteiger charge is -2.64. The number of hydrogen-bond acceptors (Lipinski definition) is 5. The Kier molecular flexibility index (Phi) is 7.78. The predicted molar refractivity (Wildman–Crippen MR) is 152 cm³/mol. The Morgan fingerprint density at radius 3 is 2.50 bits per heavy atom. The summed E-state index contributed by atoms with van der Waals surface area (Å²) < 4.78 is 13.3. The summed E-state index contributed by atoms with van der Waals surface area (Å²) in [5, 5.41) is 10.2. The van der Waals surface area contributed by atoms with Crippen LogP contribution in [0.4, 0.5) is 0 Å². The van der Waals surface area contributed by atoms with Gasteiger partial charge >= 0.3 is 7.12 Å². The van der Waals surface area contributed by atoms with Gasteiger partial charge in [-0.1, -0.05) is 58.0 Å². The average molecular weight is 537 g/mol. The first kappa shape index (κ1) is 27.4. The molecule has 3 saturated carbocycles. The highest BCUT2D eigenvalue weighted by atomic mass is 32.1. The van der Waals surface area contributed by atoms with Crippen LogP contribution in [-0.2, 0) is 31.7 Å². The molecule has 6 atom stereocenters. The van der Waals surface area contributed by atoms with Crippen LogP contribution in [0.3, 0.4) is 0 Å². The maximum absolute atomic E-state index is 13.8. The lowest BCUT2D eigenvalue weighted by Crippen LogP contribution is -2.65. The van der Waals surface area contributed by atoms with E-state index in [1.807, 2.05) is 47.2 Å². The fourth-order valence-corrected chi connectivity index (χ4v) is 7.65.